The molecule has 0 radical (unpaired) electrons. The van der Waals surface area contributed by atoms with Gasteiger partial charge in [-0.05, 0) is 49.9 Å². The molecule has 4 rings (SSSR count). The first kappa shape index (κ1) is 23.4. The summed E-state index contributed by atoms with van der Waals surface area (Å²) >= 11 is 0. The van der Waals surface area contributed by atoms with Gasteiger partial charge in [0, 0.05) is 0 Å². The van der Waals surface area contributed by atoms with Crippen LogP contribution in [0.2, 0.25) is 0 Å². The van der Waals surface area contributed by atoms with Crippen LogP contribution in [0.15, 0.2) is 65.6 Å². The van der Waals surface area contributed by atoms with Gasteiger partial charge >= 0.3 is 0 Å². The van der Waals surface area contributed by atoms with Gasteiger partial charge in [-0.25, -0.2) is 4.98 Å². The molecule has 0 spiro atoms. The van der Waals surface area contributed by atoms with Gasteiger partial charge in [-0.2, -0.15) is 0 Å². The molecule has 0 fully saturated rings. The monoisotopic (exact) mass is 459 g/mol. The van der Waals surface area contributed by atoms with Crippen molar-refractivity contribution in [3.63, 3.8) is 0 Å². The van der Waals surface area contributed by atoms with Gasteiger partial charge in [0.2, 0.25) is 11.8 Å². The first-order valence-electron chi connectivity index (χ1n) is 11.5. The van der Waals surface area contributed by atoms with Crippen LogP contribution in [0.3, 0.4) is 0 Å². The van der Waals surface area contributed by atoms with Crippen molar-refractivity contribution >= 4 is 17.6 Å². The molecule has 0 bridgehead atoms. The Balaban J connectivity index is 1.63. The van der Waals surface area contributed by atoms with E-state index in [2.05, 4.69) is 27.0 Å². The molecule has 0 saturated carbocycles. The summed E-state index contributed by atoms with van der Waals surface area (Å²) in [4.78, 5) is 43.0. The molecule has 2 atom stereocenters. The number of aromatic nitrogens is 2. The summed E-state index contributed by atoms with van der Waals surface area (Å²) in [7, 11) is 1.65. The van der Waals surface area contributed by atoms with E-state index in [1.807, 2.05) is 48.5 Å². The number of benzene rings is 2. The zero-order chi connectivity index (χ0) is 24.1. The molecule has 8 nitrogen and oxygen atoms in total. The Kier molecular flexibility index (Phi) is 7.18. The molecule has 2 aromatic carbocycles. The van der Waals surface area contributed by atoms with E-state index in [-0.39, 0.29) is 30.2 Å². The Hall–Kier alpha value is -3.78. The second-order valence-electron chi connectivity index (χ2n) is 8.46. The molecule has 176 valence electrons. The number of hydrogen-bond donors (Lipinski definition) is 3. The third kappa shape index (κ3) is 5.07. The number of nitrogens with one attached hydrogen (secondary N) is 3. The smallest absolute Gasteiger partial charge is 0.294 e. The van der Waals surface area contributed by atoms with Crippen LogP contribution in [-0.4, -0.2) is 34.5 Å². The van der Waals surface area contributed by atoms with Gasteiger partial charge < -0.3 is 16.0 Å². The lowest BCUT2D eigenvalue weighted by molar-refractivity contribution is -0.122. The van der Waals surface area contributed by atoms with E-state index in [9.17, 15) is 14.4 Å². The molecule has 3 N–H and O–H groups in total. The minimum absolute atomic E-state index is 0.0918. The van der Waals surface area contributed by atoms with E-state index >= 15 is 0 Å². The van der Waals surface area contributed by atoms with Crippen LogP contribution < -0.4 is 21.5 Å². The number of nitrogens with zero attached hydrogens (tertiary/aromatic N) is 2. The number of likely N-dealkylation sites (N-methyl/N-ethyl adjacent to an activating group) is 1. The van der Waals surface area contributed by atoms with Crippen LogP contribution in [0.1, 0.15) is 36.9 Å². The highest BCUT2D eigenvalue weighted by Crippen LogP contribution is 2.29. The van der Waals surface area contributed by atoms with Gasteiger partial charge in [-0.3, -0.25) is 19.0 Å². The van der Waals surface area contributed by atoms with Crippen molar-refractivity contribution in [2.45, 2.75) is 44.8 Å². The van der Waals surface area contributed by atoms with Crippen molar-refractivity contribution in [2.24, 2.45) is 0 Å². The number of aryl methyl sites for hydroxylation is 1. The quantitative estimate of drug-likeness (QED) is 0.504. The van der Waals surface area contributed by atoms with Crippen LogP contribution in [0.5, 0.6) is 0 Å². The summed E-state index contributed by atoms with van der Waals surface area (Å²) in [5.41, 5.74) is 3.10. The topological polar surface area (TPSA) is 105 Å². The average molecular weight is 460 g/mol. The average Bonchev–Trinajstić information content (AvgIpc) is 2.86. The van der Waals surface area contributed by atoms with Crippen LogP contribution in [0.25, 0.3) is 11.3 Å². The van der Waals surface area contributed by atoms with Crippen molar-refractivity contribution in [1.29, 1.82) is 0 Å². The van der Waals surface area contributed by atoms with Crippen molar-refractivity contribution < 1.29 is 9.59 Å². The standard InChI is InChI=1S/C26H29N5O3/c1-17(27-2)25(33)30-24-26(34)31(22(15-28-24)19-10-4-3-5-11-19)16-23(32)29-21-14-8-12-18-9-6-7-13-20(18)21/h3-7,9-11,13,15,17,21,27H,8,12,14,16H2,1-2H3,(H,29,32)(H,28,30,33)/t17-,21+/m0/s1. The summed E-state index contributed by atoms with van der Waals surface area (Å²) in [6, 6.07) is 16.8. The summed E-state index contributed by atoms with van der Waals surface area (Å²) in [5.74, 6) is -0.759. The predicted molar refractivity (Wildman–Crippen MR) is 131 cm³/mol. The van der Waals surface area contributed by atoms with Crippen LogP contribution in [-0.2, 0) is 22.6 Å². The maximum atomic E-state index is 13.3. The number of amides is 2. The molecule has 0 unspecified atom stereocenters. The fourth-order valence-electron chi connectivity index (χ4n) is 4.21. The van der Waals surface area contributed by atoms with Crippen molar-refractivity contribution in [2.75, 3.05) is 12.4 Å². The van der Waals surface area contributed by atoms with Crippen LogP contribution >= 0.6 is 0 Å². The van der Waals surface area contributed by atoms with E-state index in [0.29, 0.717) is 5.69 Å². The number of carbonyl (C=O) groups excluding carboxylic acids is 2. The molecule has 1 aliphatic rings. The van der Waals surface area contributed by atoms with Crippen LogP contribution in [0.4, 0.5) is 5.82 Å². The van der Waals surface area contributed by atoms with Crippen molar-refractivity contribution in [3.8, 4) is 11.3 Å². The Bertz CT molecular complexity index is 1240. The maximum absolute atomic E-state index is 13.3. The fraction of sp³-hybridized carbons (Fsp3) is 0.308. The summed E-state index contributed by atoms with van der Waals surface area (Å²) in [5, 5.41) is 8.50. The summed E-state index contributed by atoms with van der Waals surface area (Å²) in [6.45, 7) is 1.50. The highest BCUT2D eigenvalue weighted by molar-refractivity contribution is 5.93. The van der Waals surface area contributed by atoms with E-state index < -0.39 is 11.6 Å². The van der Waals surface area contributed by atoms with E-state index in [4.69, 9.17) is 0 Å². The molecule has 34 heavy (non-hydrogen) atoms. The number of fused-ring (bicyclic) bond motifs is 1. The van der Waals surface area contributed by atoms with Gasteiger partial charge in [0.05, 0.1) is 24.0 Å². The van der Waals surface area contributed by atoms with Crippen molar-refractivity contribution in [3.05, 3.63) is 82.3 Å². The predicted octanol–water partition coefficient (Wildman–Crippen LogP) is 2.65. The largest absolute Gasteiger partial charge is 0.348 e. The maximum Gasteiger partial charge on any atom is 0.294 e. The third-order valence-electron chi connectivity index (χ3n) is 6.20. The third-order valence-corrected chi connectivity index (χ3v) is 6.20. The Morgan fingerprint density at radius 3 is 2.62 bits per heavy atom. The summed E-state index contributed by atoms with van der Waals surface area (Å²) < 4.78 is 1.37. The second kappa shape index (κ2) is 10.4. The molecule has 8 heteroatoms. The van der Waals surface area contributed by atoms with Gasteiger partial charge in [-0.15, -0.1) is 0 Å². The van der Waals surface area contributed by atoms with Gasteiger partial charge in [0.25, 0.3) is 5.56 Å². The number of anilines is 1. The first-order chi connectivity index (χ1) is 16.5. The normalized spacial score (nSPS) is 15.8. The van der Waals surface area contributed by atoms with Gasteiger partial charge in [0.1, 0.15) is 6.54 Å². The second-order valence-corrected chi connectivity index (χ2v) is 8.46. The number of rotatable bonds is 7. The lowest BCUT2D eigenvalue weighted by Crippen LogP contribution is -2.40. The Morgan fingerprint density at radius 2 is 1.85 bits per heavy atom. The molecular weight excluding hydrogens is 430 g/mol. The molecule has 0 saturated heterocycles. The highest BCUT2D eigenvalue weighted by atomic mass is 16.2. The molecule has 2 amide bonds. The minimum atomic E-state index is -0.530. The van der Waals surface area contributed by atoms with Gasteiger partial charge in [0.15, 0.2) is 5.82 Å². The summed E-state index contributed by atoms with van der Waals surface area (Å²) in [6.07, 6.45) is 4.35. The SMILES string of the molecule is CN[C@@H](C)C(=O)Nc1ncc(-c2ccccc2)n(CC(=O)N[C@@H]2CCCc3ccccc32)c1=O. The van der Waals surface area contributed by atoms with Gasteiger partial charge in [-0.1, -0.05) is 54.6 Å². The lowest BCUT2D eigenvalue weighted by Gasteiger charge is -2.26. The lowest BCUT2D eigenvalue weighted by atomic mass is 9.88. The molecular formula is C26H29N5O3. The Labute approximate surface area is 198 Å². The van der Waals surface area contributed by atoms with Crippen LogP contribution in [0, 0.1) is 0 Å². The molecule has 1 aliphatic carbocycles. The zero-order valence-corrected chi connectivity index (χ0v) is 19.4. The molecule has 1 heterocycles. The number of hydrogen-bond acceptors (Lipinski definition) is 5. The molecule has 0 aliphatic heterocycles. The fourth-order valence-corrected chi connectivity index (χ4v) is 4.21. The highest BCUT2D eigenvalue weighted by Gasteiger charge is 2.23. The number of carbonyl (C=O) groups is 2. The molecule has 3 aromatic rings. The molecule has 1 aromatic heterocycles. The first-order valence-corrected chi connectivity index (χ1v) is 11.5. The zero-order valence-electron chi connectivity index (χ0n) is 19.4. The van der Waals surface area contributed by atoms with E-state index in [0.717, 1.165) is 30.4 Å². The van der Waals surface area contributed by atoms with Crippen molar-refractivity contribution in [1.82, 2.24) is 20.2 Å². The minimum Gasteiger partial charge on any atom is -0.348 e. The Morgan fingerprint density at radius 1 is 1.12 bits per heavy atom. The van der Waals surface area contributed by atoms with E-state index in [1.54, 1.807) is 14.0 Å². The van der Waals surface area contributed by atoms with E-state index in [1.165, 1.54) is 16.3 Å².